The van der Waals surface area contributed by atoms with E-state index in [1.807, 2.05) is 18.2 Å². The molecule has 1 unspecified atom stereocenters. The molecule has 0 spiro atoms. The van der Waals surface area contributed by atoms with Crippen LogP contribution in [0.3, 0.4) is 0 Å². The van der Waals surface area contributed by atoms with Crippen LogP contribution in [-0.4, -0.2) is 18.6 Å². The van der Waals surface area contributed by atoms with E-state index in [9.17, 15) is 4.79 Å². The summed E-state index contributed by atoms with van der Waals surface area (Å²) in [7, 11) is 0. The Morgan fingerprint density at radius 3 is 2.53 bits per heavy atom. The highest BCUT2D eigenvalue weighted by molar-refractivity contribution is 5.74. The standard InChI is InChI=1S/C16H24N2O/c1-12(13-9-10-13)18-15(19)17-11-16(2,3)14-7-5-4-6-8-14/h4-8,12-13H,9-11H2,1-3H3,(H2,17,18,19). The lowest BCUT2D eigenvalue weighted by molar-refractivity contribution is 0.234. The second-order valence-corrected chi connectivity index (χ2v) is 6.20. The summed E-state index contributed by atoms with van der Waals surface area (Å²) in [6.07, 6.45) is 2.49. The number of rotatable bonds is 5. The third-order valence-electron chi connectivity index (χ3n) is 3.93. The molecule has 1 aromatic rings. The van der Waals surface area contributed by atoms with E-state index in [1.54, 1.807) is 0 Å². The third kappa shape index (κ3) is 3.98. The average molecular weight is 260 g/mol. The maximum Gasteiger partial charge on any atom is 0.315 e. The van der Waals surface area contributed by atoms with Crippen LogP contribution in [0.2, 0.25) is 0 Å². The fourth-order valence-electron chi connectivity index (χ4n) is 2.26. The summed E-state index contributed by atoms with van der Waals surface area (Å²) in [6, 6.07) is 10.5. The summed E-state index contributed by atoms with van der Waals surface area (Å²) in [5.74, 6) is 0.688. The van der Waals surface area contributed by atoms with Crippen molar-refractivity contribution in [1.29, 1.82) is 0 Å². The summed E-state index contributed by atoms with van der Waals surface area (Å²) >= 11 is 0. The molecule has 3 heteroatoms. The molecule has 0 radical (unpaired) electrons. The number of nitrogens with one attached hydrogen (secondary N) is 2. The molecule has 0 aromatic heterocycles. The highest BCUT2D eigenvalue weighted by Gasteiger charge is 2.29. The molecule has 1 fully saturated rings. The van der Waals surface area contributed by atoms with Crippen LogP contribution < -0.4 is 10.6 Å². The smallest absolute Gasteiger partial charge is 0.315 e. The van der Waals surface area contributed by atoms with Gasteiger partial charge in [0.2, 0.25) is 0 Å². The number of urea groups is 1. The average Bonchev–Trinajstić information content (AvgIpc) is 3.22. The number of hydrogen-bond donors (Lipinski definition) is 2. The fraction of sp³-hybridized carbons (Fsp3) is 0.562. The Hall–Kier alpha value is -1.51. The van der Waals surface area contributed by atoms with E-state index in [-0.39, 0.29) is 11.4 Å². The first-order chi connectivity index (χ1) is 8.99. The lowest BCUT2D eigenvalue weighted by atomic mass is 9.85. The molecule has 0 aliphatic heterocycles. The van der Waals surface area contributed by atoms with Crippen molar-refractivity contribution in [2.45, 2.75) is 45.1 Å². The van der Waals surface area contributed by atoms with Crippen LogP contribution in [0, 0.1) is 5.92 Å². The number of hydrogen-bond acceptors (Lipinski definition) is 1. The topological polar surface area (TPSA) is 41.1 Å². The largest absolute Gasteiger partial charge is 0.337 e. The molecule has 1 aliphatic carbocycles. The van der Waals surface area contributed by atoms with Crippen LogP contribution in [0.15, 0.2) is 30.3 Å². The lowest BCUT2D eigenvalue weighted by Crippen LogP contribution is -2.45. The van der Waals surface area contributed by atoms with Crippen LogP contribution in [0.4, 0.5) is 4.79 Å². The van der Waals surface area contributed by atoms with E-state index in [2.05, 4.69) is 43.5 Å². The first-order valence-electron chi connectivity index (χ1n) is 7.09. The zero-order chi connectivity index (χ0) is 13.9. The Kier molecular flexibility index (Phi) is 4.13. The van der Waals surface area contributed by atoms with Crippen molar-refractivity contribution < 1.29 is 4.79 Å². The van der Waals surface area contributed by atoms with E-state index in [4.69, 9.17) is 0 Å². The van der Waals surface area contributed by atoms with Gasteiger partial charge in [-0.1, -0.05) is 44.2 Å². The summed E-state index contributed by atoms with van der Waals surface area (Å²) in [6.45, 7) is 7.01. The van der Waals surface area contributed by atoms with Crippen molar-refractivity contribution in [2.24, 2.45) is 5.92 Å². The second kappa shape index (κ2) is 5.64. The maximum atomic E-state index is 11.8. The van der Waals surface area contributed by atoms with Crippen molar-refractivity contribution >= 4 is 6.03 Å². The van der Waals surface area contributed by atoms with Crippen LogP contribution in [-0.2, 0) is 5.41 Å². The van der Waals surface area contributed by atoms with Crippen molar-refractivity contribution in [2.75, 3.05) is 6.54 Å². The minimum Gasteiger partial charge on any atom is -0.337 e. The summed E-state index contributed by atoms with van der Waals surface area (Å²) in [5.41, 5.74) is 1.19. The fourth-order valence-corrected chi connectivity index (χ4v) is 2.26. The highest BCUT2D eigenvalue weighted by Crippen LogP contribution is 2.32. The number of carbonyl (C=O) groups excluding carboxylic acids is 1. The van der Waals surface area contributed by atoms with Gasteiger partial charge < -0.3 is 10.6 Å². The SMILES string of the molecule is CC(NC(=O)NCC(C)(C)c1ccccc1)C1CC1. The first kappa shape index (κ1) is 13.9. The van der Waals surface area contributed by atoms with Gasteiger partial charge in [0.05, 0.1) is 0 Å². The molecule has 19 heavy (non-hydrogen) atoms. The van der Waals surface area contributed by atoms with Crippen molar-refractivity contribution in [3.05, 3.63) is 35.9 Å². The zero-order valence-electron chi connectivity index (χ0n) is 12.1. The molecule has 0 heterocycles. The monoisotopic (exact) mass is 260 g/mol. The van der Waals surface area contributed by atoms with E-state index in [0.717, 1.165) is 0 Å². The van der Waals surface area contributed by atoms with Crippen LogP contribution in [0.1, 0.15) is 39.2 Å². The van der Waals surface area contributed by atoms with Gasteiger partial charge in [0, 0.05) is 18.0 Å². The van der Waals surface area contributed by atoms with Crippen LogP contribution >= 0.6 is 0 Å². The predicted octanol–water partition coefficient (Wildman–Crippen LogP) is 3.06. The molecule has 2 amide bonds. The van der Waals surface area contributed by atoms with Gasteiger partial charge in [0.15, 0.2) is 0 Å². The summed E-state index contributed by atoms with van der Waals surface area (Å²) < 4.78 is 0. The Bertz CT molecular complexity index is 424. The third-order valence-corrected chi connectivity index (χ3v) is 3.93. The lowest BCUT2D eigenvalue weighted by Gasteiger charge is -2.26. The number of carbonyl (C=O) groups is 1. The van der Waals surface area contributed by atoms with E-state index in [0.29, 0.717) is 18.5 Å². The van der Waals surface area contributed by atoms with Gasteiger partial charge in [-0.15, -0.1) is 0 Å². The number of benzene rings is 1. The Morgan fingerprint density at radius 1 is 1.32 bits per heavy atom. The van der Waals surface area contributed by atoms with Crippen molar-refractivity contribution in [1.82, 2.24) is 10.6 Å². The molecular weight excluding hydrogens is 236 g/mol. The van der Waals surface area contributed by atoms with Crippen LogP contribution in [0.25, 0.3) is 0 Å². The Balaban J connectivity index is 1.82. The van der Waals surface area contributed by atoms with Gasteiger partial charge in [0.25, 0.3) is 0 Å². The zero-order valence-corrected chi connectivity index (χ0v) is 12.1. The normalized spacial score (nSPS) is 16.8. The first-order valence-corrected chi connectivity index (χ1v) is 7.09. The van der Waals surface area contributed by atoms with Crippen LogP contribution in [0.5, 0.6) is 0 Å². The van der Waals surface area contributed by atoms with E-state index >= 15 is 0 Å². The highest BCUT2D eigenvalue weighted by atomic mass is 16.2. The molecule has 2 rings (SSSR count). The van der Waals surface area contributed by atoms with Gasteiger partial charge in [0.1, 0.15) is 0 Å². The van der Waals surface area contributed by atoms with Gasteiger partial charge in [-0.2, -0.15) is 0 Å². The summed E-state index contributed by atoms with van der Waals surface area (Å²) in [5, 5.41) is 6.00. The molecule has 1 atom stereocenters. The molecule has 1 aliphatic rings. The van der Waals surface area contributed by atoms with Gasteiger partial charge in [-0.05, 0) is 31.2 Å². The second-order valence-electron chi connectivity index (χ2n) is 6.20. The van der Waals surface area contributed by atoms with E-state index in [1.165, 1.54) is 18.4 Å². The molecule has 104 valence electrons. The molecule has 1 saturated carbocycles. The Labute approximate surface area is 115 Å². The van der Waals surface area contributed by atoms with Gasteiger partial charge in [-0.25, -0.2) is 4.79 Å². The Morgan fingerprint density at radius 2 is 1.95 bits per heavy atom. The summed E-state index contributed by atoms with van der Waals surface area (Å²) in [4.78, 5) is 11.8. The van der Waals surface area contributed by atoms with Crippen molar-refractivity contribution in [3.8, 4) is 0 Å². The van der Waals surface area contributed by atoms with Gasteiger partial charge >= 0.3 is 6.03 Å². The minimum atomic E-state index is -0.0541. The number of amides is 2. The molecular formula is C16H24N2O. The predicted molar refractivity (Wildman–Crippen MR) is 78.2 cm³/mol. The quantitative estimate of drug-likeness (QED) is 0.839. The molecule has 0 bridgehead atoms. The maximum absolute atomic E-state index is 11.8. The minimum absolute atomic E-state index is 0.0524. The van der Waals surface area contributed by atoms with Crippen molar-refractivity contribution in [3.63, 3.8) is 0 Å². The van der Waals surface area contributed by atoms with E-state index < -0.39 is 0 Å². The van der Waals surface area contributed by atoms with Gasteiger partial charge in [-0.3, -0.25) is 0 Å². The molecule has 2 N–H and O–H groups in total. The molecule has 1 aromatic carbocycles. The molecule has 0 saturated heterocycles. The molecule has 3 nitrogen and oxygen atoms in total.